The third-order valence-electron chi connectivity index (χ3n) is 3.27. The quantitative estimate of drug-likeness (QED) is 0.866. The summed E-state index contributed by atoms with van der Waals surface area (Å²) in [7, 11) is 1.93. The monoisotopic (exact) mass is 273 g/mol. The predicted octanol–water partition coefficient (Wildman–Crippen LogP) is 3.73. The van der Waals surface area contributed by atoms with E-state index in [9.17, 15) is 4.39 Å². The van der Waals surface area contributed by atoms with E-state index in [0.29, 0.717) is 6.61 Å². The molecule has 1 unspecified atom stereocenters. The number of nitrogens with one attached hydrogen (secondary N) is 1. The van der Waals surface area contributed by atoms with E-state index in [0.717, 1.165) is 17.7 Å². The molecule has 2 aromatic rings. The lowest BCUT2D eigenvalue weighted by Gasteiger charge is -2.17. The lowest BCUT2D eigenvalue weighted by molar-refractivity contribution is 0.339. The molecule has 2 rings (SSSR count). The number of likely N-dealkylation sites (N-methyl/N-ethyl adjacent to an activating group) is 1. The molecule has 106 valence electrons. The van der Waals surface area contributed by atoms with Crippen LogP contribution >= 0.6 is 0 Å². The molecule has 3 heteroatoms. The topological polar surface area (TPSA) is 21.3 Å². The Morgan fingerprint density at radius 1 is 1.15 bits per heavy atom. The fraction of sp³-hybridized carbons (Fsp3) is 0.294. The Bertz CT molecular complexity index is 539. The minimum absolute atomic E-state index is 0.181. The van der Waals surface area contributed by atoms with Crippen molar-refractivity contribution >= 4 is 0 Å². The van der Waals surface area contributed by atoms with Gasteiger partial charge in [0.15, 0.2) is 0 Å². The lowest BCUT2D eigenvalue weighted by atomic mass is 9.99. The summed E-state index contributed by atoms with van der Waals surface area (Å²) < 4.78 is 18.5. The zero-order chi connectivity index (χ0) is 14.4. The maximum Gasteiger partial charge on any atom is 0.123 e. The van der Waals surface area contributed by atoms with Crippen molar-refractivity contribution in [3.05, 3.63) is 65.5 Å². The number of hydrogen-bond donors (Lipinski definition) is 1. The number of benzene rings is 2. The maximum absolute atomic E-state index is 12.9. The first-order chi connectivity index (χ1) is 9.72. The van der Waals surface area contributed by atoms with Gasteiger partial charge >= 0.3 is 0 Å². The molecule has 0 aliphatic carbocycles. The average Bonchev–Trinajstić information content (AvgIpc) is 2.47. The summed E-state index contributed by atoms with van der Waals surface area (Å²) in [6, 6.07) is 14.9. The Morgan fingerprint density at radius 2 is 1.90 bits per heavy atom. The van der Waals surface area contributed by atoms with Crippen molar-refractivity contribution < 1.29 is 9.13 Å². The van der Waals surface area contributed by atoms with Crippen LogP contribution in [0.2, 0.25) is 0 Å². The maximum atomic E-state index is 12.9. The zero-order valence-electron chi connectivity index (χ0n) is 11.9. The van der Waals surface area contributed by atoms with Crippen LogP contribution in [-0.2, 0) is 6.42 Å². The molecule has 1 N–H and O–H groups in total. The third kappa shape index (κ3) is 3.81. The molecular weight excluding hydrogens is 253 g/mol. The van der Waals surface area contributed by atoms with Gasteiger partial charge in [-0.1, -0.05) is 24.3 Å². The highest BCUT2D eigenvalue weighted by Gasteiger charge is 2.11. The van der Waals surface area contributed by atoms with Gasteiger partial charge in [0, 0.05) is 6.04 Å². The van der Waals surface area contributed by atoms with Crippen LogP contribution in [0.25, 0.3) is 0 Å². The first kappa shape index (κ1) is 14.5. The lowest BCUT2D eigenvalue weighted by Crippen LogP contribution is -2.18. The van der Waals surface area contributed by atoms with Gasteiger partial charge in [-0.15, -0.1) is 0 Å². The van der Waals surface area contributed by atoms with Crippen LogP contribution in [0.3, 0.4) is 0 Å². The molecule has 2 nitrogen and oxygen atoms in total. The molecule has 0 amide bonds. The molecule has 0 spiro atoms. The first-order valence-corrected chi connectivity index (χ1v) is 6.87. The molecule has 0 fully saturated rings. The average molecular weight is 273 g/mol. The van der Waals surface area contributed by atoms with E-state index < -0.39 is 0 Å². The van der Waals surface area contributed by atoms with Gasteiger partial charge in [0.05, 0.1) is 6.61 Å². The van der Waals surface area contributed by atoms with Gasteiger partial charge in [0.1, 0.15) is 11.6 Å². The Labute approximate surface area is 119 Å². The van der Waals surface area contributed by atoms with Gasteiger partial charge < -0.3 is 10.1 Å². The molecule has 20 heavy (non-hydrogen) atoms. The van der Waals surface area contributed by atoms with Crippen LogP contribution in [-0.4, -0.2) is 13.7 Å². The Hall–Kier alpha value is -1.87. The first-order valence-electron chi connectivity index (χ1n) is 6.87. The fourth-order valence-corrected chi connectivity index (χ4v) is 2.23. The van der Waals surface area contributed by atoms with Gasteiger partial charge in [-0.3, -0.25) is 0 Å². The van der Waals surface area contributed by atoms with E-state index in [-0.39, 0.29) is 11.9 Å². The number of hydrogen-bond acceptors (Lipinski definition) is 2. The highest BCUT2D eigenvalue weighted by Crippen LogP contribution is 2.22. The van der Waals surface area contributed by atoms with Crippen LogP contribution < -0.4 is 10.1 Å². The van der Waals surface area contributed by atoms with E-state index in [1.807, 2.05) is 44.3 Å². The Morgan fingerprint density at radius 3 is 2.55 bits per heavy atom. The van der Waals surface area contributed by atoms with E-state index in [1.54, 1.807) is 0 Å². The van der Waals surface area contributed by atoms with E-state index in [2.05, 4.69) is 11.4 Å². The van der Waals surface area contributed by atoms with Crippen molar-refractivity contribution in [3.63, 3.8) is 0 Å². The summed E-state index contributed by atoms with van der Waals surface area (Å²) in [4.78, 5) is 0. The smallest absolute Gasteiger partial charge is 0.123 e. The highest BCUT2D eigenvalue weighted by atomic mass is 19.1. The Kier molecular flexibility index (Phi) is 5.13. The van der Waals surface area contributed by atoms with Crippen molar-refractivity contribution in [1.29, 1.82) is 0 Å². The molecule has 0 heterocycles. The summed E-state index contributed by atoms with van der Waals surface area (Å²) in [5, 5.41) is 3.30. The highest BCUT2D eigenvalue weighted by molar-refractivity contribution is 5.32. The van der Waals surface area contributed by atoms with Gasteiger partial charge in [0.2, 0.25) is 0 Å². The molecule has 1 atom stereocenters. The van der Waals surface area contributed by atoms with Crippen LogP contribution in [0.4, 0.5) is 4.39 Å². The number of rotatable bonds is 6. The van der Waals surface area contributed by atoms with Crippen molar-refractivity contribution in [3.8, 4) is 5.75 Å². The van der Waals surface area contributed by atoms with E-state index in [1.165, 1.54) is 17.7 Å². The molecule has 2 aromatic carbocycles. The molecule has 0 radical (unpaired) electrons. The summed E-state index contributed by atoms with van der Waals surface area (Å²) in [5.41, 5.74) is 2.27. The molecule has 0 saturated heterocycles. The Balaban J connectivity index is 2.15. The minimum atomic E-state index is -0.201. The van der Waals surface area contributed by atoms with Crippen molar-refractivity contribution in [2.24, 2.45) is 0 Å². The van der Waals surface area contributed by atoms with Crippen LogP contribution in [0, 0.1) is 5.82 Å². The molecular formula is C17H20FNO. The molecule has 0 saturated carbocycles. The van der Waals surface area contributed by atoms with Crippen LogP contribution in [0.1, 0.15) is 24.1 Å². The fourth-order valence-electron chi connectivity index (χ4n) is 2.23. The second-order valence-corrected chi connectivity index (χ2v) is 4.68. The molecule has 0 aromatic heterocycles. The van der Waals surface area contributed by atoms with Crippen LogP contribution in [0.15, 0.2) is 48.5 Å². The van der Waals surface area contributed by atoms with Crippen molar-refractivity contribution in [2.45, 2.75) is 19.4 Å². The van der Waals surface area contributed by atoms with Gasteiger partial charge in [0.25, 0.3) is 0 Å². The largest absolute Gasteiger partial charge is 0.494 e. The van der Waals surface area contributed by atoms with Crippen molar-refractivity contribution in [2.75, 3.05) is 13.7 Å². The number of halogens is 1. The van der Waals surface area contributed by atoms with E-state index in [4.69, 9.17) is 4.74 Å². The SMILES string of the molecule is CCOc1cccc(C(Cc2ccc(F)cc2)NC)c1. The minimum Gasteiger partial charge on any atom is -0.494 e. The normalized spacial score (nSPS) is 12.2. The zero-order valence-corrected chi connectivity index (χ0v) is 11.9. The standard InChI is InChI=1S/C17H20FNO/c1-3-20-16-6-4-5-14(12-16)17(19-2)11-13-7-9-15(18)10-8-13/h4-10,12,17,19H,3,11H2,1-2H3. The second-order valence-electron chi connectivity index (χ2n) is 4.68. The van der Waals surface area contributed by atoms with Crippen molar-refractivity contribution in [1.82, 2.24) is 5.32 Å². The number of ether oxygens (including phenoxy) is 1. The molecule has 0 bridgehead atoms. The van der Waals surface area contributed by atoms with Crippen LogP contribution in [0.5, 0.6) is 5.75 Å². The summed E-state index contributed by atoms with van der Waals surface area (Å²) in [6.07, 6.45) is 0.812. The third-order valence-corrected chi connectivity index (χ3v) is 3.27. The van der Waals surface area contributed by atoms with Gasteiger partial charge in [-0.2, -0.15) is 0 Å². The summed E-state index contributed by atoms with van der Waals surface area (Å²) >= 11 is 0. The van der Waals surface area contributed by atoms with Gasteiger partial charge in [-0.25, -0.2) is 4.39 Å². The van der Waals surface area contributed by atoms with Gasteiger partial charge in [-0.05, 0) is 55.8 Å². The predicted molar refractivity (Wildman–Crippen MR) is 79.5 cm³/mol. The second kappa shape index (κ2) is 7.06. The van der Waals surface area contributed by atoms with E-state index >= 15 is 0 Å². The molecule has 0 aliphatic rings. The summed E-state index contributed by atoms with van der Waals surface area (Å²) in [5.74, 6) is 0.678. The summed E-state index contributed by atoms with van der Waals surface area (Å²) in [6.45, 7) is 2.63. The molecule has 0 aliphatic heterocycles.